The van der Waals surface area contributed by atoms with Gasteiger partial charge in [-0.15, -0.1) is 0 Å². The highest BCUT2D eigenvalue weighted by Crippen LogP contribution is 2.16. The van der Waals surface area contributed by atoms with Crippen LogP contribution in [0.25, 0.3) is 0 Å². The molecule has 196 valence electrons. The number of hydrogen-bond donors (Lipinski definition) is 0. The van der Waals surface area contributed by atoms with Crippen LogP contribution < -0.4 is 0 Å². The molecule has 2 rings (SSSR count). The topological polar surface area (TPSA) is 43.4 Å². The van der Waals surface area contributed by atoms with Gasteiger partial charge in [0.2, 0.25) is 0 Å². The zero-order chi connectivity index (χ0) is 24.4. The lowest BCUT2D eigenvalue weighted by Gasteiger charge is -2.34. The zero-order valence-corrected chi connectivity index (χ0v) is 22.3. The van der Waals surface area contributed by atoms with E-state index < -0.39 is 0 Å². The zero-order valence-electron chi connectivity index (χ0n) is 22.3. The number of nitrogens with zero attached hydrogens (tertiary/aromatic N) is 2. The van der Waals surface area contributed by atoms with Crippen molar-refractivity contribution in [3.05, 3.63) is 35.4 Å². The first-order valence-electron chi connectivity index (χ1n) is 13.4. The molecule has 1 aromatic carbocycles. The molecule has 6 nitrogen and oxygen atoms in total. The smallest absolute Gasteiger partial charge is 0.0701 e. The number of rotatable bonds is 19. The van der Waals surface area contributed by atoms with Gasteiger partial charge in [-0.05, 0) is 35.8 Å². The average Bonchev–Trinajstić information content (AvgIpc) is 2.82. The molecule has 0 aliphatic carbocycles. The van der Waals surface area contributed by atoms with Crippen LogP contribution in [0.15, 0.2) is 24.3 Å². The van der Waals surface area contributed by atoms with Crippen LogP contribution in [0.1, 0.15) is 57.6 Å². The van der Waals surface area contributed by atoms with Gasteiger partial charge in [-0.25, -0.2) is 0 Å². The minimum Gasteiger partial charge on any atom is -0.379 e. The first-order chi connectivity index (χ1) is 16.5. The summed E-state index contributed by atoms with van der Waals surface area (Å²) in [6.45, 7) is 20.9. The average molecular weight is 479 g/mol. The molecule has 0 amide bonds. The Kier molecular flexibility index (Phi) is 15.7. The molecular formula is C28H50N2O4. The number of ether oxygens (including phenoxy) is 4. The molecule has 0 N–H and O–H groups in total. The number of piperazine rings is 1. The van der Waals surface area contributed by atoms with E-state index in [1.807, 2.05) is 0 Å². The Labute approximate surface area is 208 Å². The van der Waals surface area contributed by atoms with E-state index in [1.165, 1.54) is 17.5 Å². The maximum atomic E-state index is 5.75. The molecule has 34 heavy (non-hydrogen) atoms. The molecule has 1 aromatic rings. The van der Waals surface area contributed by atoms with E-state index >= 15 is 0 Å². The van der Waals surface area contributed by atoms with Crippen LogP contribution in [-0.2, 0) is 25.5 Å². The van der Waals surface area contributed by atoms with Gasteiger partial charge >= 0.3 is 0 Å². The van der Waals surface area contributed by atoms with Crippen molar-refractivity contribution in [1.29, 1.82) is 0 Å². The lowest BCUT2D eigenvalue weighted by Crippen LogP contribution is -2.46. The molecule has 6 heteroatoms. The molecule has 0 atom stereocenters. The lowest BCUT2D eigenvalue weighted by molar-refractivity contribution is -0.00564. The Morgan fingerprint density at radius 3 is 1.68 bits per heavy atom. The van der Waals surface area contributed by atoms with Crippen LogP contribution in [0.2, 0.25) is 0 Å². The van der Waals surface area contributed by atoms with E-state index in [9.17, 15) is 0 Å². The second kappa shape index (κ2) is 18.3. The van der Waals surface area contributed by atoms with E-state index in [0.717, 1.165) is 64.8 Å². The third-order valence-electron chi connectivity index (χ3n) is 6.26. The van der Waals surface area contributed by atoms with Gasteiger partial charge in [-0.2, -0.15) is 0 Å². The van der Waals surface area contributed by atoms with Crippen molar-refractivity contribution in [1.82, 2.24) is 9.80 Å². The van der Waals surface area contributed by atoms with Crippen LogP contribution in [0, 0.1) is 5.92 Å². The van der Waals surface area contributed by atoms with E-state index in [4.69, 9.17) is 18.9 Å². The molecule has 0 unspecified atom stereocenters. The fourth-order valence-electron chi connectivity index (χ4n) is 3.99. The maximum absolute atomic E-state index is 5.75. The minimum absolute atomic E-state index is 0.597. The first kappa shape index (κ1) is 29.2. The monoisotopic (exact) mass is 478 g/mol. The van der Waals surface area contributed by atoms with Crippen LogP contribution in [0.4, 0.5) is 0 Å². The lowest BCUT2D eigenvalue weighted by atomic mass is 10.0. The highest BCUT2D eigenvalue weighted by atomic mass is 16.6. The van der Waals surface area contributed by atoms with Gasteiger partial charge in [-0.1, -0.05) is 52.0 Å². The van der Waals surface area contributed by atoms with E-state index in [-0.39, 0.29) is 0 Å². The largest absolute Gasteiger partial charge is 0.379 e. The number of benzene rings is 1. The summed E-state index contributed by atoms with van der Waals surface area (Å²) in [5.74, 6) is 1.35. The van der Waals surface area contributed by atoms with Crippen molar-refractivity contribution in [2.45, 2.75) is 53.0 Å². The van der Waals surface area contributed by atoms with Gasteiger partial charge in [0, 0.05) is 45.9 Å². The normalized spacial score (nSPS) is 15.6. The Balaban J connectivity index is 1.35. The summed E-state index contributed by atoms with van der Waals surface area (Å²) in [5.41, 5.74) is 2.83. The first-order valence-corrected chi connectivity index (χ1v) is 13.4. The molecule has 0 radical (unpaired) electrons. The van der Waals surface area contributed by atoms with Gasteiger partial charge < -0.3 is 18.9 Å². The second-order valence-electron chi connectivity index (χ2n) is 10.00. The van der Waals surface area contributed by atoms with Crippen molar-refractivity contribution in [2.75, 3.05) is 85.6 Å². The Bertz CT molecular complexity index is 601. The van der Waals surface area contributed by atoms with Crippen molar-refractivity contribution in [3.63, 3.8) is 0 Å². The van der Waals surface area contributed by atoms with E-state index in [0.29, 0.717) is 45.6 Å². The van der Waals surface area contributed by atoms with Crippen molar-refractivity contribution < 1.29 is 18.9 Å². The molecule has 1 aliphatic rings. The summed E-state index contributed by atoms with van der Waals surface area (Å²) in [6, 6.07) is 9.12. The van der Waals surface area contributed by atoms with Crippen LogP contribution in [0.3, 0.4) is 0 Å². The number of hydrogen-bond acceptors (Lipinski definition) is 6. The van der Waals surface area contributed by atoms with Crippen LogP contribution in [0.5, 0.6) is 0 Å². The van der Waals surface area contributed by atoms with E-state index in [2.05, 4.69) is 61.8 Å². The fraction of sp³-hybridized carbons (Fsp3) is 0.786. The fourth-order valence-corrected chi connectivity index (χ4v) is 3.99. The van der Waals surface area contributed by atoms with Gasteiger partial charge in [0.15, 0.2) is 0 Å². The SMILES string of the molecule is CC(C)CCCOCCOCCOCCOCCN1CCN(Cc2ccc(C(C)C)cc2)CC1. The van der Waals surface area contributed by atoms with Gasteiger partial charge in [0.05, 0.1) is 46.2 Å². The van der Waals surface area contributed by atoms with Gasteiger partial charge in [0.1, 0.15) is 0 Å². The summed E-state index contributed by atoms with van der Waals surface area (Å²) < 4.78 is 22.4. The van der Waals surface area contributed by atoms with Gasteiger partial charge in [-0.3, -0.25) is 9.80 Å². The molecule has 0 saturated carbocycles. The second-order valence-corrected chi connectivity index (χ2v) is 10.00. The quantitative estimate of drug-likeness (QED) is 0.274. The summed E-state index contributed by atoms with van der Waals surface area (Å²) in [4.78, 5) is 5.05. The molecule has 1 aliphatic heterocycles. The van der Waals surface area contributed by atoms with Gasteiger partial charge in [0.25, 0.3) is 0 Å². The molecule has 0 bridgehead atoms. The van der Waals surface area contributed by atoms with Crippen molar-refractivity contribution in [3.8, 4) is 0 Å². The summed E-state index contributed by atoms with van der Waals surface area (Å²) in [6.07, 6.45) is 2.35. The van der Waals surface area contributed by atoms with Crippen molar-refractivity contribution in [2.24, 2.45) is 5.92 Å². The third kappa shape index (κ3) is 13.8. The van der Waals surface area contributed by atoms with Crippen LogP contribution in [-0.4, -0.2) is 95.4 Å². The predicted molar refractivity (Wildman–Crippen MR) is 140 cm³/mol. The Morgan fingerprint density at radius 2 is 1.15 bits per heavy atom. The maximum Gasteiger partial charge on any atom is 0.0701 e. The molecule has 1 heterocycles. The van der Waals surface area contributed by atoms with Crippen molar-refractivity contribution >= 4 is 0 Å². The summed E-state index contributed by atoms with van der Waals surface area (Å²) >= 11 is 0. The predicted octanol–water partition coefficient (Wildman–Crippen LogP) is 4.43. The minimum atomic E-state index is 0.597. The molecule has 0 aromatic heterocycles. The summed E-state index contributed by atoms with van der Waals surface area (Å²) in [7, 11) is 0. The standard InChI is InChI=1S/C28H50N2O4/c1-25(2)6-5-16-31-18-20-33-22-23-34-21-19-32-17-15-29-11-13-30(14-12-29)24-27-7-9-28(10-8-27)26(3)4/h7-10,25-26H,5-6,11-24H2,1-4H3. The third-order valence-corrected chi connectivity index (χ3v) is 6.26. The highest BCUT2D eigenvalue weighted by molar-refractivity contribution is 5.24. The molecule has 1 fully saturated rings. The van der Waals surface area contributed by atoms with Crippen LogP contribution >= 0.6 is 0 Å². The Hall–Kier alpha value is -1.02. The molecule has 0 spiro atoms. The highest BCUT2D eigenvalue weighted by Gasteiger charge is 2.16. The molecule has 1 saturated heterocycles. The summed E-state index contributed by atoms with van der Waals surface area (Å²) in [5, 5.41) is 0. The Morgan fingerprint density at radius 1 is 0.647 bits per heavy atom. The molecular weight excluding hydrogens is 428 g/mol. The van der Waals surface area contributed by atoms with E-state index in [1.54, 1.807) is 0 Å².